The highest BCUT2D eigenvalue weighted by molar-refractivity contribution is 5.84. The molecule has 2 heteroatoms. The van der Waals surface area contributed by atoms with Gasteiger partial charge in [0.2, 0.25) is 5.84 Å². The van der Waals surface area contributed by atoms with Crippen molar-refractivity contribution in [2.24, 2.45) is 4.99 Å². The van der Waals surface area contributed by atoms with Crippen molar-refractivity contribution in [3.8, 4) is 0 Å². The molecular weight excluding hydrogens is 88.1 g/mol. The van der Waals surface area contributed by atoms with Gasteiger partial charge in [0, 0.05) is 6.08 Å². The zero-order chi connectivity index (χ0) is 5.11. The van der Waals surface area contributed by atoms with E-state index in [4.69, 9.17) is 0 Å². The Morgan fingerprint density at radius 3 is 3.00 bits per heavy atom. The Morgan fingerprint density at radius 2 is 2.71 bits per heavy atom. The fourth-order valence-corrected chi connectivity index (χ4v) is 0.619. The normalized spacial score (nSPS) is 19.1. The second kappa shape index (κ2) is 1.89. The molecule has 1 aliphatic rings. The lowest BCUT2D eigenvalue weighted by Gasteiger charge is -1.80. The van der Waals surface area contributed by atoms with Gasteiger partial charge >= 0.3 is 0 Å². The number of nitrogens with two attached hydrogens (primary N) is 1. The molecule has 0 aromatic rings. The van der Waals surface area contributed by atoms with Crippen molar-refractivity contribution in [1.82, 2.24) is 0 Å². The van der Waals surface area contributed by atoms with Crippen LogP contribution in [0.25, 0.3) is 0 Å². The molecule has 0 aromatic carbocycles. The Kier molecular flexibility index (Phi) is 1.22. The molecule has 2 nitrogen and oxygen atoms in total. The fraction of sp³-hybridized carbons (Fsp3) is 0.400. The van der Waals surface area contributed by atoms with Crippen molar-refractivity contribution >= 4 is 5.84 Å². The highest BCUT2D eigenvalue weighted by Gasteiger charge is 2.02. The Labute approximate surface area is 42.9 Å². The maximum Gasteiger partial charge on any atom is 0.219 e. The van der Waals surface area contributed by atoms with Crippen LogP contribution in [0.4, 0.5) is 0 Å². The van der Waals surface area contributed by atoms with Crippen LogP contribution in [0.1, 0.15) is 0 Å². The second-order valence-electron chi connectivity index (χ2n) is 1.50. The number of hydrogen-bond donors (Lipinski definition) is 1. The van der Waals surface area contributed by atoms with Crippen LogP contribution in [0.15, 0.2) is 17.6 Å². The molecule has 0 aliphatic carbocycles. The summed E-state index contributed by atoms with van der Waals surface area (Å²) >= 11 is 0. The number of nitrogens with zero attached hydrogens (tertiary/aromatic N) is 1. The van der Waals surface area contributed by atoms with Gasteiger partial charge in [0.25, 0.3) is 0 Å². The Morgan fingerprint density at radius 1 is 1.86 bits per heavy atom. The minimum absolute atomic E-state index is 0.960. The number of amidine groups is 1. The van der Waals surface area contributed by atoms with Crippen LogP contribution >= 0.6 is 0 Å². The molecule has 1 heterocycles. The van der Waals surface area contributed by atoms with Crippen LogP contribution in [0.3, 0.4) is 0 Å². The lowest BCUT2D eigenvalue weighted by Crippen LogP contribution is -2.85. The predicted octanol–water partition coefficient (Wildman–Crippen LogP) is -0.852. The first-order valence-corrected chi connectivity index (χ1v) is 2.43. The minimum atomic E-state index is 0.960. The van der Waals surface area contributed by atoms with Crippen LogP contribution in [-0.2, 0) is 0 Å². The summed E-state index contributed by atoms with van der Waals surface area (Å²) in [5.74, 6) is 1.06. The van der Waals surface area contributed by atoms with Gasteiger partial charge in [-0.25, -0.2) is 4.99 Å². The van der Waals surface area contributed by atoms with Crippen LogP contribution in [0, 0.1) is 0 Å². The van der Waals surface area contributed by atoms with Gasteiger partial charge < -0.3 is 0 Å². The van der Waals surface area contributed by atoms with Gasteiger partial charge in [0.15, 0.2) is 0 Å². The molecule has 0 radical (unpaired) electrons. The van der Waals surface area contributed by atoms with E-state index in [9.17, 15) is 0 Å². The molecule has 1 rings (SSSR count). The van der Waals surface area contributed by atoms with Crippen LogP contribution in [0.5, 0.6) is 0 Å². The summed E-state index contributed by atoms with van der Waals surface area (Å²) in [6.45, 7) is 5.64. The third-order valence-electron chi connectivity index (χ3n) is 0.986. The molecule has 38 valence electrons. The van der Waals surface area contributed by atoms with Crippen LogP contribution in [-0.4, -0.2) is 18.9 Å². The highest BCUT2D eigenvalue weighted by atomic mass is 15.1. The molecule has 0 amide bonds. The lowest BCUT2D eigenvalue weighted by molar-refractivity contribution is -0.526. The van der Waals surface area contributed by atoms with Crippen molar-refractivity contribution in [3.63, 3.8) is 0 Å². The molecule has 0 bridgehead atoms. The Bertz CT molecular complexity index is 105. The van der Waals surface area contributed by atoms with Crippen LogP contribution in [0.2, 0.25) is 0 Å². The first-order valence-electron chi connectivity index (χ1n) is 2.43. The van der Waals surface area contributed by atoms with E-state index in [1.54, 1.807) is 6.08 Å². The molecule has 0 unspecified atom stereocenters. The van der Waals surface area contributed by atoms with Crippen molar-refractivity contribution in [3.05, 3.63) is 12.7 Å². The van der Waals surface area contributed by atoms with Gasteiger partial charge in [-0.3, -0.25) is 5.32 Å². The smallest absolute Gasteiger partial charge is 0.219 e. The van der Waals surface area contributed by atoms with Crippen molar-refractivity contribution in [2.45, 2.75) is 0 Å². The first kappa shape index (κ1) is 4.53. The molecule has 0 spiro atoms. The summed E-state index contributed by atoms with van der Waals surface area (Å²) in [5.41, 5.74) is 0. The van der Waals surface area contributed by atoms with E-state index in [2.05, 4.69) is 16.9 Å². The molecule has 1 aliphatic heterocycles. The molecule has 0 saturated heterocycles. The van der Waals surface area contributed by atoms with Gasteiger partial charge in [-0.05, 0) is 0 Å². The monoisotopic (exact) mass is 97.1 g/mol. The zero-order valence-electron chi connectivity index (χ0n) is 4.22. The van der Waals surface area contributed by atoms with Gasteiger partial charge in [0.05, 0.1) is 6.54 Å². The van der Waals surface area contributed by atoms with Crippen LogP contribution < -0.4 is 5.32 Å². The quantitative estimate of drug-likeness (QED) is 0.441. The molecule has 2 N–H and O–H groups in total. The largest absolute Gasteiger partial charge is 0.296 e. The SMILES string of the molecule is C=CC1=NCC[NH2+]1. The number of quaternary nitrogens is 1. The Hall–Kier alpha value is -0.630. The average molecular weight is 97.1 g/mol. The van der Waals surface area contributed by atoms with E-state index in [1.807, 2.05) is 0 Å². The molecule has 0 aromatic heterocycles. The lowest BCUT2D eigenvalue weighted by atomic mass is 10.6. The van der Waals surface area contributed by atoms with E-state index < -0.39 is 0 Å². The maximum atomic E-state index is 4.10. The minimum Gasteiger partial charge on any atom is -0.296 e. The summed E-state index contributed by atoms with van der Waals surface area (Å²) < 4.78 is 0. The zero-order valence-corrected chi connectivity index (χ0v) is 4.22. The third kappa shape index (κ3) is 0.871. The van der Waals surface area contributed by atoms with Gasteiger partial charge in [-0.15, -0.1) is 0 Å². The molecule has 0 fully saturated rings. The Balaban J connectivity index is 2.51. The van der Waals surface area contributed by atoms with E-state index in [-0.39, 0.29) is 0 Å². The average Bonchev–Trinajstić information content (AvgIpc) is 2.14. The van der Waals surface area contributed by atoms with Gasteiger partial charge in [-0.1, -0.05) is 6.58 Å². The molecular formula is C5H9N2+. The maximum absolute atomic E-state index is 4.10. The van der Waals surface area contributed by atoms with Gasteiger partial charge in [0.1, 0.15) is 6.54 Å². The molecule has 7 heavy (non-hydrogen) atoms. The summed E-state index contributed by atoms with van der Waals surface area (Å²) in [6, 6.07) is 0. The van der Waals surface area contributed by atoms with E-state index in [0.29, 0.717) is 0 Å². The van der Waals surface area contributed by atoms with Crippen molar-refractivity contribution in [2.75, 3.05) is 13.1 Å². The summed E-state index contributed by atoms with van der Waals surface area (Å²) in [4.78, 5) is 4.10. The summed E-state index contributed by atoms with van der Waals surface area (Å²) in [6.07, 6.45) is 1.78. The second-order valence-corrected chi connectivity index (χ2v) is 1.50. The number of rotatable bonds is 1. The van der Waals surface area contributed by atoms with E-state index >= 15 is 0 Å². The highest BCUT2D eigenvalue weighted by Crippen LogP contribution is 1.73. The predicted molar refractivity (Wildman–Crippen MR) is 29.3 cm³/mol. The van der Waals surface area contributed by atoms with Crippen molar-refractivity contribution in [1.29, 1.82) is 0 Å². The third-order valence-corrected chi connectivity index (χ3v) is 0.986. The van der Waals surface area contributed by atoms with Crippen molar-refractivity contribution < 1.29 is 5.32 Å². The van der Waals surface area contributed by atoms with Gasteiger partial charge in [-0.2, -0.15) is 0 Å². The first-order chi connectivity index (χ1) is 3.43. The standard InChI is InChI=1S/C5H8N2/c1-2-5-6-3-4-7-5/h2H,1,3-4H2,(H,6,7)/p+1. The number of aliphatic imine (C=N–C) groups is 1. The topological polar surface area (TPSA) is 29.0 Å². The molecule has 0 saturated carbocycles. The fourth-order valence-electron chi connectivity index (χ4n) is 0.619. The van der Waals surface area contributed by atoms with E-state index in [1.165, 1.54) is 0 Å². The molecule has 0 atom stereocenters. The summed E-state index contributed by atoms with van der Waals surface area (Å²) in [7, 11) is 0. The number of hydrogen-bond acceptors (Lipinski definition) is 1. The summed E-state index contributed by atoms with van der Waals surface area (Å²) in [5, 5.41) is 2.09. The van der Waals surface area contributed by atoms with E-state index in [0.717, 1.165) is 18.9 Å².